The van der Waals surface area contributed by atoms with E-state index in [1.807, 2.05) is 0 Å². The van der Waals surface area contributed by atoms with E-state index < -0.39 is 0 Å². The molecule has 1 saturated heterocycles. The highest BCUT2D eigenvalue weighted by molar-refractivity contribution is 5.87. The van der Waals surface area contributed by atoms with Crippen LogP contribution in [-0.2, 0) is 9.53 Å². The van der Waals surface area contributed by atoms with E-state index in [2.05, 4.69) is 6.92 Å². The van der Waals surface area contributed by atoms with Crippen molar-refractivity contribution in [1.82, 2.24) is 4.90 Å². The number of hydrogen-bond acceptors (Lipinski definition) is 3. The fourth-order valence-corrected chi connectivity index (χ4v) is 1.33. The zero-order valence-corrected chi connectivity index (χ0v) is 8.16. The van der Waals surface area contributed by atoms with Gasteiger partial charge in [0.15, 0.2) is 0 Å². The summed E-state index contributed by atoms with van der Waals surface area (Å²) in [6.07, 6.45) is 1.96. The first-order valence-electron chi connectivity index (χ1n) is 4.87. The van der Waals surface area contributed by atoms with Crippen LogP contribution in [0.25, 0.3) is 0 Å². The maximum atomic E-state index is 11.0. The zero-order valence-electron chi connectivity index (χ0n) is 8.16. The van der Waals surface area contributed by atoms with Gasteiger partial charge in [0.25, 0.3) is 0 Å². The average molecular weight is 186 g/mol. The van der Waals surface area contributed by atoms with Crippen LogP contribution in [0.3, 0.4) is 0 Å². The van der Waals surface area contributed by atoms with Gasteiger partial charge in [-0.25, -0.2) is 0 Å². The van der Waals surface area contributed by atoms with Crippen molar-refractivity contribution in [3.8, 4) is 0 Å². The maximum absolute atomic E-state index is 11.0. The molecule has 2 N–H and O–H groups in total. The summed E-state index contributed by atoms with van der Waals surface area (Å²) in [4.78, 5) is 12.8. The minimum absolute atomic E-state index is 0.0792. The fraction of sp³-hybridized carbons (Fsp3) is 0.889. The van der Waals surface area contributed by atoms with Crippen molar-refractivity contribution < 1.29 is 9.53 Å². The van der Waals surface area contributed by atoms with Crippen LogP contribution in [0.2, 0.25) is 0 Å². The molecule has 76 valence electrons. The van der Waals surface area contributed by atoms with Crippen molar-refractivity contribution in [3.63, 3.8) is 0 Å². The Hall–Kier alpha value is -0.610. The fourth-order valence-electron chi connectivity index (χ4n) is 1.33. The van der Waals surface area contributed by atoms with Gasteiger partial charge in [-0.1, -0.05) is 6.92 Å². The standard InChI is InChI=1S/C9H18N2O2/c1-2-5-13-6-3-4-11-7-8(10)9(11)12/h8H,2-7,10H2,1H3. The Balaban J connectivity index is 1.92. The number of likely N-dealkylation sites (tertiary alicyclic amines) is 1. The predicted octanol–water partition coefficient (Wildman–Crippen LogP) is -0.0274. The van der Waals surface area contributed by atoms with Gasteiger partial charge in [0.05, 0.1) is 0 Å². The van der Waals surface area contributed by atoms with E-state index in [0.717, 1.165) is 32.6 Å². The molecule has 1 aliphatic heterocycles. The molecule has 0 aromatic heterocycles. The highest BCUT2D eigenvalue weighted by atomic mass is 16.5. The van der Waals surface area contributed by atoms with Crippen molar-refractivity contribution in [1.29, 1.82) is 0 Å². The Morgan fingerprint density at radius 3 is 2.92 bits per heavy atom. The molecule has 0 aromatic carbocycles. The molecule has 0 bridgehead atoms. The lowest BCUT2D eigenvalue weighted by Gasteiger charge is -2.36. The second-order valence-corrected chi connectivity index (χ2v) is 3.36. The van der Waals surface area contributed by atoms with E-state index >= 15 is 0 Å². The summed E-state index contributed by atoms with van der Waals surface area (Å²) < 4.78 is 5.29. The monoisotopic (exact) mass is 186 g/mol. The third-order valence-electron chi connectivity index (χ3n) is 2.11. The van der Waals surface area contributed by atoms with Crippen LogP contribution in [0.4, 0.5) is 0 Å². The van der Waals surface area contributed by atoms with Gasteiger partial charge in [0, 0.05) is 26.3 Å². The van der Waals surface area contributed by atoms with Crippen molar-refractivity contribution in [3.05, 3.63) is 0 Å². The van der Waals surface area contributed by atoms with E-state index in [-0.39, 0.29) is 11.9 Å². The molecular formula is C9H18N2O2. The highest BCUT2D eigenvalue weighted by Crippen LogP contribution is 2.07. The summed E-state index contributed by atoms with van der Waals surface area (Å²) in [5.41, 5.74) is 5.44. The molecule has 0 radical (unpaired) electrons. The topological polar surface area (TPSA) is 55.6 Å². The Bertz CT molecular complexity index is 173. The lowest BCUT2D eigenvalue weighted by molar-refractivity contribution is -0.142. The van der Waals surface area contributed by atoms with E-state index in [1.54, 1.807) is 4.90 Å². The SMILES string of the molecule is CCCOCCCN1CC(N)C1=O. The number of nitrogens with two attached hydrogens (primary N) is 1. The lowest BCUT2D eigenvalue weighted by atomic mass is 10.1. The van der Waals surface area contributed by atoms with E-state index in [4.69, 9.17) is 10.5 Å². The number of ether oxygens (including phenoxy) is 1. The minimum Gasteiger partial charge on any atom is -0.381 e. The molecule has 0 aliphatic carbocycles. The maximum Gasteiger partial charge on any atom is 0.241 e. The van der Waals surface area contributed by atoms with Crippen molar-refractivity contribution in [2.45, 2.75) is 25.8 Å². The smallest absolute Gasteiger partial charge is 0.241 e. The van der Waals surface area contributed by atoms with Gasteiger partial charge in [0.1, 0.15) is 6.04 Å². The van der Waals surface area contributed by atoms with Gasteiger partial charge < -0.3 is 15.4 Å². The molecule has 4 heteroatoms. The van der Waals surface area contributed by atoms with Crippen molar-refractivity contribution in [2.75, 3.05) is 26.3 Å². The molecule has 0 aromatic rings. The van der Waals surface area contributed by atoms with Gasteiger partial charge in [-0.05, 0) is 12.8 Å². The molecular weight excluding hydrogens is 168 g/mol. The normalized spacial score (nSPS) is 21.8. The van der Waals surface area contributed by atoms with E-state index in [1.165, 1.54) is 0 Å². The van der Waals surface area contributed by atoms with Crippen LogP contribution in [0, 0.1) is 0 Å². The molecule has 13 heavy (non-hydrogen) atoms. The highest BCUT2D eigenvalue weighted by Gasteiger charge is 2.32. The Labute approximate surface area is 79.0 Å². The van der Waals surface area contributed by atoms with Gasteiger partial charge in [0.2, 0.25) is 5.91 Å². The molecule has 0 saturated carbocycles. The van der Waals surface area contributed by atoms with E-state index in [0.29, 0.717) is 6.54 Å². The number of hydrogen-bond donors (Lipinski definition) is 1. The summed E-state index contributed by atoms with van der Waals surface area (Å²) >= 11 is 0. The van der Waals surface area contributed by atoms with Crippen LogP contribution in [0.5, 0.6) is 0 Å². The predicted molar refractivity (Wildman–Crippen MR) is 50.3 cm³/mol. The molecule has 1 rings (SSSR count). The molecule has 1 amide bonds. The van der Waals surface area contributed by atoms with Crippen molar-refractivity contribution >= 4 is 5.91 Å². The first kappa shape index (κ1) is 10.5. The third-order valence-corrected chi connectivity index (χ3v) is 2.11. The van der Waals surface area contributed by atoms with Crippen LogP contribution in [-0.4, -0.2) is 43.2 Å². The quantitative estimate of drug-likeness (QED) is 0.468. The van der Waals surface area contributed by atoms with Crippen LogP contribution in [0.1, 0.15) is 19.8 Å². The summed E-state index contributed by atoms with van der Waals surface area (Å²) in [5, 5.41) is 0. The Kier molecular flexibility index (Phi) is 4.18. The number of β-lactam (4-membered cyclic amide) rings is 1. The molecule has 1 heterocycles. The van der Waals surface area contributed by atoms with Gasteiger partial charge in [-0.2, -0.15) is 0 Å². The summed E-state index contributed by atoms with van der Waals surface area (Å²) in [6.45, 7) is 5.14. The summed E-state index contributed by atoms with van der Waals surface area (Å²) in [7, 11) is 0. The molecule has 1 atom stereocenters. The molecule has 1 unspecified atom stereocenters. The van der Waals surface area contributed by atoms with Crippen LogP contribution < -0.4 is 5.73 Å². The van der Waals surface area contributed by atoms with Gasteiger partial charge >= 0.3 is 0 Å². The number of carbonyl (C=O) groups is 1. The Morgan fingerprint density at radius 2 is 2.38 bits per heavy atom. The molecule has 1 aliphatic rings. The van der Waals surface area contributed by atoms with Crippen molar-refractivity contribution in [2.24, 2.45) is 5.73 Å². The summed E-state index contributed by atoms with van der Waals surface area (Å²) in [6, 6.07) is -0.239. The average Bonchev–Trinajstić information content (AvgIpc) is 2.15. The number of nitrogens with zero attached hydrogens (tertiary/aromatic N) is 1. The molecule has 1 fully saturated rings. The lowest BCUT2D eigenvalue weighted by Crippen LogP contribution is -2.61. The molecule has 0 spiro atoms. The number of rotatable bonds is 6. The summed E-state index contributed by atoms with van der Waals surface area (Å²) in [5.74, 6) is 0.0792. The second kappa shape index (κ2) is 5.19. The van der Waals surface area contributed by atoms with Crippen LogP contribution in [0.15, 0.2) is 0 Å². The largest absolute Gasteiger partial charge is 0.381 e. The van der Waals surface area contributed by atoms with Gasteiger partial charge in [-0.3, -0.25) is 4.79 Å². The zero-order chi connectivity index (χ0) is 9.68. The Morgan fingerprint density at radius 1 is 1.62 bits per heavy atom. The second-order valence-electron chi connectivity index (χ2n) is 3.36. The van der Waals surface area contributed by atoms with Crippen LogP contribution >= 0.6 is 0 Å². The first-order chi connectivity index (χ1) is 6.25. The third kappa shape index (κ3) is 2.97. The minimum atomic E-state index is -0.239. The van der Waals surface area contributed by atoms with E-state index in [9.17, 15) is 4.79 Å². The molecule has 4 nitrogen and oxygen atoms in total. The van der Waals surface area contributed by atoms with Gasteiger partial charge in [-0.15, -0.1) is 0 Å². The number of carbonyl (C=O) groups excluding carboxylic acids is 1. The number of amides is 1. The first-order valence-corrected chi connectivity index (χ1v) is 4.87.